The highest BCUT2D eigenvalue weighted by molar-refractivity contribution is 6.34. The molecule has 0 bridgehead atoms. The van der Waals surface area contributed by atoms with E-state index in [0.29, 0.717) is 0 Å². The highest BCUT2D eigenvalue weighted by Crippen LogP contribution is 2.29. The standard InChI is InChI=1S/C10H8ClNO6/c1-17-9(13)5-3-6(11)8(10(14)18-2)7(4-5)12(15)16/h3-4H,1-2H3. The monoisotopic (exact) mass is 273 g/mol. The minimum absolute atomic E-state index is 0.123. The molecule has 0 amide bonds. The fourth-order valence-corrected chi connectivity index (χ4v) is 1.57. The number of methoxy groups -OCH3 is 2. The second-order valence-corrected chi connectivity index (χ2v) is 3.50. The molecule has 0 aromatic heterocycles. The van der Waals surface area contributed by atoms with Gasteiger partial charge >= 0.3 is 11.9 Å². The van der Waals surface area contributed by atoms with Crippen molar-refractivity contribution < 1.29 is 24.0 Å². The van der Waals surface area contributed by atoms with Crippen molar-refractivity contribution in [1.82, 2.24) is 0 Å². The van der Waals surface area contributed by atoms with Gasteiger partial charge < -0.3 is 9.47 Å². The predicted molar refractivity (Wildman–Crippen MR) is 60.8 cm³/mol. The van der Waals surface area contributed by atoms with Crippen molar-refractivity contribution in [2.75, 3.05) is 14.2 Å². The maximum Gasteiger partial charge on any atom is 0.346 e. The van der Waals surface area contributed by atoms with Crippen LogP contribution in [0.3, 0.4) is 0 Å². The maximum absolute atomic E-state index is 11.4. The third-order valence-electron chi connectivity index (χ3n) is 2.08. The third-order valence-corrected chi connectivity index (χ3v) is 2.37. The fourth-order valence-electron chi connectivity index (χ4n) is 1.28. The first-order chi connectivity index (χ1) is 8.42. The summed E-state index contributed by atoms with van der Waals surface area (Å²) in [6.07, 6.45) is 0. The Morgan fingerprint density at radius 1 is 1.22 bits per heavy atom. The van der Waals surface area contributed by atoms with Crippen LogP contribution in [-0.2, 0) is 9.47 Å². The summed E-state index contributed by atoms with van der Waals surface area (Å²) in [5.74, 6) is -1.75. The van der Waals surface area contributed by atoms with Gasteiger partial charge in [-0.25, -0.2) is 9.59 Å². The van der Waals surface area contributed by atoms with Crippen molar-refractivity contribution in [2.24, 2.45) is 0 Å². The van der Waals surface area contributed by atoms with E-state index < -0.39 is 28.1 Å². The van der Waals surface area contributed by atoms with Crippen LogP contribution in [0.1, 0.15) is 20.7 Å². The van der Waals surface area contributed by atoms with E-state index in [4.69, 9.17) is 11.6 Å². The zero-order valence-electron chi connectivity index (χ0n) is 9.43. The van der Waals surface area contributed by atoms with E-state index in [1.807, 2.05) is 0 Å². The van der Waals surface area contributed by atoms with Crippen LogP contribution in [0.15, 0.2) is 12.1 Å². The Morgan fingerprint density at radius 2 is 1.78 bits per heavy atom. The van der Waals surface area contributed by atoms with Gasteiger partial charge in [-0.2, -0.15) is 0 Å². The van der Waals surface area contributed by atoms with Crippen molar-refractivity contribution in [3.63, 3.8) is 0 Å². The Hall–Kier alpha value is -2.15. The van der Waals surface area contributed by atoms with Gasteiger partial charge in [0, 0.05) is 6.07 Å². The molecule has 96 valence electrons. The Bertz CT molecular complexity index is 527. The van der Waals surface area contributed by atoms with Gasteiger partial charge in [-0.3, -0.25) is 10.1 Å². The summed E-state index contributed by atoms with van der Waals surface area (Å²) in [5, 5.41) is 10.6. The molecule has 0 saturated carbocycles. The highest BCUT2D eigenvalue weighted by Gasteiger charge is 2.27. The Labute approximate surface area is 106 Å². The minimum Gasteiger partial charge on any atom is -0.465 e. The number of nitro benzene ring substituents is 1. The van der Waals surface area contributed by atoms with Crippen LogP contribution < -0.4 is 0 Å². The molecule has 0 fully saturated rings. The molecule has 1 aromatic carbocycles. The van der Waals surface area contributed by atoms with E-state index >= 15 is 0 Å². The molecule has 0 atom stereocenters. The van der Waals surface area contributed by atoms with Crippen molar-refractivity contribution >= 4 is 29.2 Å². The number of carbonyl (C=O) groups excluding carboxylic acids is 2. The summed E-state index contributed by atoms with van der Waals surface area (Å²) < 4.78 is 8.81. The molecule has 0 unspecified atom stereocenters. The third kappa shape index (κ3) is 2.57. The van der Waals surface area contributed by atoms with Crippen LogP contribution >= 0.6 is 11.6 Å². The normalized spacial score (nSPS) is 9.72. The van der Waals surface area contributed by atoms with Crippen LogP contribution in [0, 0.1) is 10.1 Å². The van der Waals surface area contributed by atoms with E-state index in [0.717, 1.165) is 26.4 Å². The molecule has 0 heterocycles. The van der Waals surface area contributed by atoms with Crippen molar-refractivity contribution in [3.8, 4) is 0 Å². The first-order valence-corrected chi connectivity index (χ1v) is 4.94. The molecule has 0 radical (unpaired) electrons. The molecule has 0 saturated heterocycles. The number of hydrogen-bond donors (Lipinski definition) is 0. The number of carbonyl (C=O) groups is 2. The second-order valence-electron chi connectivity index (χ2n) is 3.09. The number of esters is 2. The number of ether oxygens (including phenoxy) is 2. The summed E-state index contributed by atoms with van der Waals surface area (Å²) in [6, 6.07) is 2.01. The van der Waals surface area contributed by atoms with Crippen molar-refractivity contribution in [1.29, 1.82) is 0 Å². The average molecular weight is 274 g/mol. The molecule has 8 heteroatoms. The summed E-state index contributed by atoms with van der Waals surface area (Å²) >= 11 is 5.74. The van der Waals surface area contributed by atoms with Gasteiger partial charge in [0.05, 0.1) is 29.7 Å². The van der Waals surface area contributed by atoms with Gasteiger partial charge in [-0.15, -0.1) is 0 Å². The summed E-state index contributed by atoms with van der Waals surface area (Å²) in [7, 11) is 2.19. The fraction of sp³-hybridized carbons (Fsp3) is 0.200. The van der Waals surface area contributed by atoms with E-state index in [1.54, 1.807) is 0 Å². The zero-order valence-corrected chi connectivity index (χ0v) is 10.2. The summed E-state index contributed by atoms with van der Waals surface area (Å²) in [4.78, 5) is 32.7. The largest absolute Gasteiger partial charge is 0.465 e. The van der Waals surface area contributed by atoms with Gasteiger partial charge in [0.15, 0.2) is 5.56 Å². The van der Waals surface area contributed by atoms with Gasteiger partial charge in [-0.1, -0.05) is 11.6 Å². The van der Waals surface area contributed by atoms with Crippen LogP contribution in [0.5, 0.6) is 0 Å². The molecule has 0 aliphatic carbocycles. The van der Waals surface area contributed by atoms with Crippen LogP contribution in [0.4, 0.5) is 5.69 Å². The van der Waals surface area contributed by atoms with E-state index in [-0.39, 0.29) is 10.6 Å². The number of halogens is 1. The predicted octanol–water partition coefficient (Wildman–Crippen LogP) is 1.82. The quantitative estimate of drug-likeness (QED) is 0.473. The number of hydrogen-bond acceptors (Lipinski definition) is 6. The number of rotatable bonds is 3. The summed E-state index contributed by atoms with van der Waals surface area (Å²) in [5.41, 5.74) is -1.14. The molecular formula is C10H8ClNO6. The van der Waals surface area contributed by atoms with Crippen molar-refractivity contribution in [2.45, 2.75) is 0 Å². The van der Waals surface area contributed by atoms with Crippen LogP contribution in [0.2, 0.25) is 5.02 Å². The average Bonchev–Trinajstić information content (AvgIpc) is 2.35. The van der Waals surface area contributed by atoms with Gasteiger partial charge in [0.1, 0.15) is 0 Å². The highest BCUT2D eigenvalue weighted by atomic mass is 35.5. The first-order valence-electron chi connectivity index (χ1n) is 4.57. The Balaban J connectivity index is 3.50. The van der Waals surface area contributed by atoms with Gasteiger partial charge in [0.25, 0.3) is 5.69 Å². The zero-order chi connectivity index (χ0) is 13.9. The number of nitro groups is 1. The van der Waals surface area contributed by atoms with Crippen LogP contribution in [-0.4, -0.2) is 31.1 Å². The Kier molecular flexibility index (Phi) is 4.22. The molecule has 0 aliphatic heterocycles. The smallest absolute Gasteiger partial charge is 0.346 e. The van der Waals surface area contributed by atoms with Gasteiger partial charge in [-0.05, 0) is 6.07 Å². The SMILES string of the molecule is COC(=O)c1cc(Cl)c(C(=O)OC)c([N+](=O)[O-])c1. The lowest BCUT2D eigenvalue weighted by molar-refractivity contribution is -0.385. The van der Waals surface area contributed by atoms with E-state index in [9.17, 15) is 19.7 Å². The molecule has 1 aromatic rings. The lowest BCUT2D eigenvalue weighted by atomic mass is 10.1. The molecule has 1 rings (SSSR count). The molecular weight excluding hydrogens is 266 g/mol. The Morgan fingerprint density at radius 3 is 2.22 bits per heavy atom. The maximum atomic E-state index is 11.4. The van der Waals surface area contributed by atoms with Gasteiger partial charge in [0.2, 0.25) is 0 Å². The lowest BCUT2D eigenvalue weighted by Crippen LogP contribution is -2.09. The molecule has 18 heavy (non-hydrogen) atoms. The van der Waals surface area contributed by atoms with E-state index in [1.165, 1.54) is 0 Å². The molecule has 0 spiro atoms. The summed E-state index contributed by atoms with van der Waals surface area (Å²) in [6.45, 7) is 0. The number of nitrogens with zero attached hydrogens (tertiary/aromatic N) is 1. The lowest BCUT2D eigenvalue weighted by Gasteiger charge is -2.06. The second kappa shape index (κ2) is 5.46. The molecule has 0 N–H and O–H groups in total. The van der Waals surface area contributed by atoms with E-state index in [2.05, 4.69) is 9.47 Å². The molecule has 7 nitrogen and oxygen atoms in total. The first kappa shape index (κ1) is 13.9. The van der Waals surface area contributed by atoms with Crippen LogP contribution in [0.25, 0.3) is 0 Å². The minimum atomic E-state index is -0.955. The topological polar surface area (TPSA) is 95.7 Å². The number of benzene rings is 1. The molecule has 0 aliphatic rings. The van der Waals surface area contributed by atoms with Crippen molar-refractivity contribution in [3.05, 3.63) is 38.4 Å².